The van der Waals surface area contributed by atoms with E-state index in [1.807, 2.05) is 24.4 Å². The molecule has 0 unspecified atom stereocenters. The molecule has 5 rings (SSSR count). The second-order valence-corrected chi connectivity index (χ2v) is 7.17. The normalized spacial score (nSPS) is 11.2. The predicted octanol–water partition coefficient (Wildman–Crippen LogP) is 3.39. The van der Waals surface area contributed by atoms with E-state index >= 15 is 0 Å². The van der Waals surface area contributed by atoms with Crippen LogP contribution >= 0.6 is 0 Å². The molecule has 4 aromatic heterocycles. The van der Waals surface area contributed by atoms with Crippen molar-refractivity contribution >= 4 is 27.6 Å². The highest BCUT2D eigenvalue weighted by atomic mass is 19.1. The van der Waals surface area contributed by atoms with Gasteiger partial charge in [-0.3, -0.25) is 14.3 Å². The van der Waals surface area contributed by atoms with Gasteiger partial charge in [0, 0.05) is 36.5 Å². The van der Waals surface area contributed by atoms with Crippen LogP contribution in [0.4, 0.5) is 10.1 Å². The molecule has 0 fully saturated rings. The van der Waals surface area contributed by atoms with Gasteiger partial charge in [0.15, 0.2) is 5.82 Å². The Hall–Kier alpha value is -4.27. The van der Waals surface area contributed by atoms with E-state index in [1.54, 1.807) is 36.2 Å². The third-order valence-corrected chi connectivity index (χ3v) is 5.18. The summed E-state index contributed by atoms with van der Waals surface area (Å²) < 4.78 is 22.1. The monoisotopic (exact) mass is 430 g/mol. The van der Waals surface area contributed by atoms with Gasteiger partial charge in [-0.2, -0.15) is 5.10 Å². The van der Waals surface area contributed by atoms with Crippen molar-refractivity contribution in [3.05, 3.63) is 83.3 Å². The number of anilines is 1. The van der Waals surface area contributed by atoms with Gasteiger partial charge in [0.25, 0.3) is 5.56 Å². The molecule has 0 aliphatic heterocycles. The van der Waals surface area contributed by atoms with Gasteiger partial charge in [-0.05, 0) is 36.4 Å². The van der Waals surface area contributed by atoms with Crippen LogP contribution < -0.4 is 15.6 Å². The maximum atomic E-state index is 13.7. The Morgan fingerprint density at radius 2 is 2.00 bits per heavy atom. The summed E-state index contributed by atoms with van der Waals surface area (Å²) >= 11 is 0. The molecule has 0 bridgehead atoms. The summed E-state index contributed by atoms with van der Waals surface area (Å²) in [6.07, 6.45) is 5.13. The van der Waals surface area contributed by atoms with E-state index in [-0.39, 0.29) is 11.4 Å². The Bertz CT molecular complexity index is 1490. The number of methoxy groups -OCH3 is 1. The maximum Gasteiger partial charge on any atom is 0.266 e. The molecule has 0 saturated carbocycles. The number of ether oxygens (including phenoxy) is 1. The summed E-state index contributed by atoms with van der Waals surface area (Å²) in [6, 6.07) is 13.2. The summed E-state index contributed by atoms with van der Waals surface area (Å²) in [6.45, 7) is 0.782. The molecule has 1 N–H and O–H groups in total. The van der Waals surface area contributed by atoms with Crippen molar-refractivity contribution in [1.82, 2.24) is 24.3 Å². The number of fused-ring (bicyclic) bond motifs is 2. The average molecular weight is 430 g/mol. The van der Waals surface area contributed by atoms with Crippen LogP contribution in [0.2, 0.25) is 0 Å². The highest BCUT2D eigenvalue weighted by Crippen LogP contribution is 2.23. The standard InChI is InChI=1S/C23H19FN6O2/c1-32-17-13-19-23(27-14-17)18(6-8-25-19)26-9-11-30-22(31)5-4-21(28-30)29-10-7-15-2-3-16(24)12-20(15)29/h2-8,10,12-14H,9,11H2,1H3,(H,25,26). The average Bonchev–Trinajstić information content (AvgIpc) is 3.23. The number of rotatable bonds is 6. The van der Waals surface area contributed by atoms with Gasteiger partial charge < -0.3 is 10.1 Å². The minimum atomic E-state index is -0.328. The minimum absolute atomic E-state index is 0.222. The lowest BCUT2D eigenvalue weighted by atomic mass is 10.2. The first kappa shape index (κ1) is 19.7. The van der Waals surface area contributed by atoms with Gasteiger partial charge in [0.1, 0.15) is 17.1 Å². The lowest BCUT2D eigenvalue weighted by molar-refractivity contribution is 0.413. The number of pyridine rings is 2. The molecule has 160 valence electrons. The molecule has 0 aliphatic carbocycles. The van der Waals surface area contributed by atoms with E-state index in [9.17, 15) is 9.18 Å². The molecule has 1 aromatic carbocycles. The van der Waals surface area contributed by atoms with Crippen molar-refractivity contribution in [3.8, 4) is 11.6 Å². The smallest absolute Gasteiger partial charge is 0.266 e. The van der Waals surface area contributed by atoms with Gasteiger partial charge >= 0.3 is 0 Å². The van der Waals surface area contributed by atoms with Gasteiger partial charge in [-0.15, -0.1) is 0 Å². The van der Waals surface area contributed by atoms with Gasteiger partial charge in [0.05, 0.1) is 36.6 Å². The van der Waals surface area contributed by atoms with Gasteiger partial charge in [-0.25, -0.2) is 14.1 Å². The molecular formula is C23H19FN6O2. The molecule has 0 radical (unpaired) electrons. The molecule has 4 heterocycles. The molecule has 8 nitrogen and oxygen atoms in total. The lowest BCUT2D eigenvalue weighted by Crippen LogP contribution is -2.26. The van der Waals surface area contributed by atoms with Crippen LogP contribution in [0.25, 0.3) is 27.8 Å². The molecule has 5 aromatic rings. The Labute approximate surface area is 181 Å². The summed E-state index contributed by atoms with van der Waals surface area (Å²) in [5.41, 5.74) is 2.68. The van der Waals surface area contributed by atoms with Crippen LogP contribution in [-0.4, -0.2) is 38.0 Å². The molecular weight excluding hydrogens is 411 g/mol. The lowest BCUT2D eigenvalue weighted by Gasteiger charge is -2.11. The molecule has 0 saturated heterocycles. The molecule has 9 heteroatoms. The van der Waals surface area contributed by atoms with Crippen molar-refractivity contribution in [3.63, 3.8) is 0 Å². The van der Waals surface area contributed by atoms with Crippen LogP contribution in [-0.2, 0) is 6.54 Å². The van der Waals surface area contributed by atoms with E-state index in [2.05, 4.69) is 20.4 Å². The Balaban J connectivity index is 1.38. The second kappa shape index (κ2) is 8.10. The molecule has 0 aliphatic rings. The Kier molecular flexibility index (Phi) is 4.98. The number of aromatic nitrogens is 5. The third kappa shape index (κ3) is 3.64. The van der Waals surface area contributed by atoms with Gasteiger partial charge in [-0.1, -0.05) is 0 Å². The summed E-state index contributed by atoms with van der Waals surface area (Å²) in [5, 5.41) is 8.65. The first-order chi connectivity index (χ1) is 15.6. The molecule has 0 amide bonds. The number of benzene rings is 1. The van der Waals surface area contributed by atoms with Crippen molar-refractivity contribution in [2.45, 2.75) is 6.54 Å². The largest absolute Gasteiger partial charge is 0.495 e. The fourth-order valence-electron chi connectivity index (χ4n) is 3.59. The van der Waals surface area contributed by atoms with E-state index in [0.717, 1.165) is 11.1 Å². The van der Waals surface area contributed by atoms with E-state index in [1.165, 1.54) is 22.9 Å². The fourth-order valence-corrected chi connectivity index (χ4v) is 3.59. The first-order valence-corrected chi connectivity index (χ1v) is 10.0. The zero-order valence-electron chi connectivity index (χ0n) is 17.2. The fraction of sp³-hybridized carbons (Fsp3) is 0.130. The minimum Gasteiger partial charge on any atom is -0.495 e. The maximum absolute atomic E-state index is 13.7. The summed E-state index contributed by atoms with van der Waals surface area (Å²) in [7, 11) is 1.58. The Morgan fingerprint density at radius 3 is 2.88 bits per heavy atom. The summed E-state index contributed by atoms with van der Waals surface area (Å²) in [4.78, 5) is 21.1. The summed E-state index contributed by atoms with van der Waals surface area (Å²) in [5.74, 6) is 0.839. The van der Waals surface area contributed by atoms with E-state index in [0.29, 0.717) is 41.2 Å². The first-order valence-electron chi connectivity index (χ1n) is 10.0. The van der Waals surface area contributed by atoms with Crippen molar-refractivity contribution < 1.29 is 9.13 Å². The van der Waals surface area contributed by atoms with Crippen LogP contribution in [0.15, 0.2) is 71.9 Å². The van der Waals surface area contributed by atoms with Crippen LogP contribution in [0.5, 0.6) is 5.75 Å². The number of nitrogens with one attached hydrogen (secondary N) is 1. The predicted molar refractivity (Wildman–Crippen MR) is 120 cm³/mol. The number of hydrogen-bond acceptors (Lipinski definition) is 6. The van der Waals surface area contributed by atoms with Crippen molar-refractivity contribution in [2.75, 3.05) is 19.0 Å². The number of halogens is 1. The van der Waals surface area contributed by atoms with Crippen LogP contribution in [0.1, 0.15) is 0 Å². The highest BCUT2D eigenvalue weighted by molar-refractivity contribution is 5.87. The van der Waals surface area contributed by atoms with Crippen molar-refractivity contribution in [1.29, 1.82) is 0 Å². The van der Waals surface area contributed by atoms with Crippen LogP contribution in [0.3, 0.4) is 0 Å². The molecule has 0 spiro atoms. The quantitative estimate of drug-likeness (QED) is 0.444. The van der Waals surface area contributed by atoms with E-state index < -0.39 is 0 Å². The second-order valence-electron chi connectivity index (χ2n) is 7.17. The highest BCUT2D eigenvalue weighted by Gasteiger charge is 2.09. The molecule has 0 atom stereocenters. The number of nitrogens with zero attached hydrogens (tertiary/aromatic N) is 5. The topological polar surface area (TPSA) is 86.9 Å². The van der Waals surface area contributed by atoms with Crippen molar-refractivity contribution in [2.24, 2.45) is 0 Å². The van der Waals surface area contributed by atoms with E-state index in [4.69, 9.17) is 4.74 Å². The number of hydrogen-bond donors (Lipinski definition) is 1. The van der Waals surface area contributed by atoms with Gasteiger partial charge in [0.2, 0.25) is 0 Å². The molecule has 32 heavy (non-hydrogen) atoms. The zero-order valence-corrected chi connectivity index (χ0v) is 17.2. The SMILES string of the molecule is COc1cnc2c(NCCn3nc(-n4ccc5ccc(F)cc54)ccc3=O)ccnc2c1. The zero-order chi connectivity index (χ0) is 22.1. The Morgan fingerprint density at radius 1 is 1.09 bits per heavy atom. The van der Waals surface area contributed by atoms with Crippen LogP contribution in [0, 0.1) is 5.82 Å². The third-order valence-electron chi connectivity index (χ3n) is 5.18.